The van der Waals surface area contributed by atoms with E-state index < -0.39 is 0 Å². The van der Waals surface area contributed by atoms with Gasteiger partial charge in [-0.1, -0.05) is 52.0 Å². The average molecular weight is 306 g/mol. The fourth-order valence-corrected chi connectivity index (χ4v) is 1.94. The SMILES string of the molecule is CC(C)CC(=O)OCc1ccccc1COC(=O)CC(C)C. The van der Waals surface area contributed by atoms with Gasteiger partial charge in [0.05, 0.1) is 0 Å². The molecule has 0 fully saturated rings. The smallest absolute Gasteiger partial charge is 0.306 e. The summed E-state index contributed by atoms with van der Waals surface area (Å²) in [6.45, 7) is 8.33. The van der Waals surface area contributed by atoms with Crippen molar-refractivity contribution >= 4 is 11.9 Å². The third-order valence-corrected chi connectivity index (χ3v) is 3.05. The van der Waals surface area contributed by atoms with Crippen LogP contribution in [0.2, 0.25) is 0 Å². The third-order valence-electron chi connectivity index (χ3n) is 3.05. The summed E-state index contributed by atoms with van der Waals surface area (Å²) in [5.74, 6) is 0.141. The zero-order valence-corrected chi connectivity index (χ0v) is 13.9. The Labute approximate surface area is 132 Å². The molecular formula is C18H26O4. The van der Waals surface area contributed by atoms with Gasteiger partial charge in [0.1, 0.15) is 13.2 Å². The van der Waals surface area contributed by atoms with Crippen LogP contribution in [0.5, 0.6) is 0 Å². The Morgan fingerprint density at radius 3 is 1.50 bits per heavy atom. The molecule has 122 valence electrons. The summed E-state index contributed by atoms with van der Waals surface area (Å²) in [7, 11) is 0. The Morgan fingerprint density at radius 1 is 0.818 bits per heavy atom. The summed E-state index contributed by atoms with van der Waals surface area (Å²) in [6.07, 6.45) is 0.817. The molecule has 22 heavy (non-hydrogen) atoms. The van der Waals surface area contributed by atoms with E-state index in [1.807, 2.05) is 52.0 Å². The lowest BCUT2D eigenvalue weighted by atomic mass is 10.1. The Hall–Kier alpha value is -1.84. The van der Waals surface area contributed by atoms with Crippen molar-refractivity contribution in [1.82, 2.24) is 0 Å². The van der Waals surface area contributed by atoms with Gasteiger partial charge in [-0.3, -0.25) is 9.59 Å². The maximum atomic E-state index is 11.6. The molecule has 0 saturated carbocycles. The number of carbonyl (C=O) groups is 2. The quantitative estimate of drug-likeness (QED) is 0.684. The molecule has 0 spiro atoms. The van der Waals surface area contributed by atoms with E-state index in [0.717, 1.165) is 11.1 Å². The third kappa shape index (κ3) is 7.25. The van der Waals surface area contributed by atoms with Gasteiger partial charge in [-0.25, -0.2) is 0 Å². The fourth-order valence-electron chi connectivity index (χ4n) is 1.94. The summed E-state index contributed by atoms with van der Waals surface area (Å²) < 4.78 is 10.5. The fraction of sp³-hybridized carbons (Fsp3) is 0.556. The van der Waals surface area contributed by atoms with Crippen LogP contribution in [0.4, 0.5) is 0 Å². The Morgan fingerprint density at radius 2 is 1.18 bits per heavy atom. The molecule has 1 rings (SSSR count). The van der Waals surface area contributed by atoms with Crippen LogP contribution in [0, 0.1) is 11.8 Å². The molecule has 4 heteroatoms. The van der Waals surface area contributed by atoms with Crippen molar-refractivity contribution in [3.05, 3.63) is 35.4 Å². The van der Waals surface area contributed by atoms with E-state index in [4.69, 9.17) is 9.47 Å². The number of esters is 2. The molecule has 0 atom stereocenters. The highest BCUT2D eigenvalue weighted by Crippen LogP contribution is 2.14. The molecule has 4 nitrogen and oxygen atoms in total. The topological polar surface area (TPSA) is 52.6 Å². The molecular weight excluding hydrogens is 280 g/mol. The first-order valence-electron chi connectivity index (χ1n) is 7.76. The molecule has 0 N–H and O–H groups in total. The van der Waals surface area contributed by atoms with Crippen LogP contribution in [0.15, 0.2) is 24.3 Å². The second-order valence-electron chi connectivity index (χ2n) is 6.29. The Kier molecular flexibility index (Phi) is 7.64. The number of hydrogen-bond donors (Lipinski definition) is 0. The first-order valence-corrected chi connectivity index (χ1v) is 7.76. The first-order chi connectivity index (χ1) is 10.4. The minimum absolute atomic E-state index is 0.207. The maximum absolute atomic E-state index is 11.6. The predicted molar refractivity (Wildman–Crippen MR) is 84.9 cm³/mol. The molecule has 0 heterocycles. The van der Waals surface area contributed by atoms with Gasteiger partial charge in [-0.05, 0) is 23.0 Å². The second-order valence-corrected chi connectivity index (χ2v) is 6.29. The van der Waals surface area contributed by atoms with E-state index in [-0.39, 0.29) is 37.0 Å². The molecule has 1 aromatic carbocycles. The van der Waals surface area contributed by atoms with Gasteiger partial charge >= 0.3 is 11.9 Å². The van der Waals surface area contributed by atoms with Gasteiger partial charge in [0.25, 0.3) is 0 Å². The first kappa shape index (κ1) is 18.2. The average Bonchev–Trinajstić information content (AvgIpc) is 2.42. The lowest BCUT2D eigenvalue weighted by Gasteiger charge is -2.12. The molecule has 0 aliphatic heterocycles. The lowest BCUT2D eigenvalue weighted by molar-refractivity contribution is -0.147. The van der Waals surface area contributed by atoms with E-state index >= 15 is 0 Å². The number of rotatable bonds is 8. The number of benzene rings is 1. The zero-order valence-electron chi connectivity index (χ0n) is 13.9. The highest BCUT2D eigenvalue weighted by molar-refractivity contribution is 5.70. The largest absolute Gasteiger partial charge is 0.461 e. The van der Waals surface area contributed by atoms with Crippen molar-refractivity contribution in [3.8, 4) is 0 Å². The number of hydrogen-bond acceptors (Lipinski definition) is 4. The molecule has 0 unspecified atom stereocenters. The molecule has 0 aromatic heterocycles. The van der Waals surface area contributed by atoms with Crippen molar-refractivity contribution in [2.75, 3.05) is 0 Å². The van der Waals surface area contributed by atoms with Crippen LogP contribution in [0.3, 0.4) is 0 Å². The van der Waals surface area contributed by atoms with Crippen molar-refractivity contribution in [2.45, 2.75) is 53.8 Å². The minimum Gasteiger partial charge on any atom is -0.461 e. The van der Waals surface area contributed by atoms with E-state index in [9.17, 15) is 9.59 Å². The van der Waals surface area contributed by atoms with Crippen LogP contribution in [0.1, 0.15) is 51.7 Å². The number of carbonyl (C=O) groups excluding carboxylic acids is 2. The molecule has 1 aromatic rings. The zero-order chi connectivity index (χ0) is 16.5. The molecule has 0 amide bonds. The van der Waals surface area contributed by atoms with Gasteiger partial charge in [-0.2, -0.15) is 0 Å². The second kappa shape index (κ2) is 9.23. The van der Waals surface area contributed by atoms with Crippen LogP contribution in [-0.4, -0.2) is 11.9 Å². The van der Waals surface area contributed by atoms with Crippen molar-refractivity contribution in [2.24, 2.45) is 11.8 Å². The van der Waals surface area contributed by atoms with Crippen LogP contribution >= 0.6 is 0 Å². The standard InChI is InChI=1S/C18H26O4/c1-13(2)9-17(19)21-11-15-7-5-6-8-16(15)12-22-18(20)10-14(3)4/h5-8,13-14H,9-12H2,1-4H3. The monoisotopic (exact) mass is 306 g/mol. The van der Waals surface area contributed by atoms with Gasteiger partial charge in [0.2, 0.25) is 0 Å². The summed E-state index contributed by atoms with van der Waals surface area (Å²) >= 11 is 0. The van der Waals surface area contributed by atoms with Gasteiger partial charge < -0.3 is 9.47 Å². The Balaban J connectivity index is 2.54. The Bertz CT molecular complexity index is 447. The van der Waals surface area contributed by atoms with Crippen molar-refractivity contribution in [3.63, 3.8) is 0 Å². The minimum atomic E-state index is -0.207. The summed E-state index contributed by atoms with van der Waals surface area (Å²) in [4.78, 5) is 23.2. The highest BCUT2D eigenvalue weighted by atomic mass is 16.5. The predicted octanol–water partition coefficient (Wildman–Crippen LogP) is 3.87. The van der Waals surface area contributed by atoms with Gasteiger partial charge in [0.15, 0.2) is 0 Å². The molecule has 0 saturated heterocycles. The maximum Gasteiger partial charge on any atom is 0.306 e. The molecule has 0 aliphatic carbocycles. The molecule has 0 bridgehead atoms. The van der Waals surface area contributed by atoms with Crippen molar-refractivity contribution < 1.29 is 19.1 Å². The van der Waals surface area contributed by atoms with Gasteiger partial charge in [-0.15, -0.1) is 0 Å². The van der Waals surface area contributed by atoms with Gasteiger partial charge in [0, 0.05) is 12.8 Å². The van der Waals surface area contributed by atoms with E-state index in [2.05, 4.69) is 0 Å². The van der Waals surface area contributed by atoms with Crippen LogP contribution < -0.4 is 0 Å². The van der Waals surface area contributed by atoms with Crippen LogP contribution in [0.25, 0.3) is 0 Å². The summed E-state index contributed by atoms with van der Waals surface area (Å²) in [5.41, 5.74) is 1.74. The van der Waals surface area contributed by atoms with E-state index in [0.29, 0.717) is 12.8 Å². The lowest BCUT2D eigenvalue weighted by Crippen LogP contribution is -2.11. The normalized spacial score (nSPS) is 10.8. The van der Waals surface area contributed by atoms with Crippen LogP contribution in [-0.2, 0) is 32.3 Å². The number of ether oxygens (including phenoxy) is 2. The molecule has 0 radical (unpaired) electrons. The highest BCUT2D eigenvalue weighted by Gasteiger charge is 2.11. The molecule has 0 aliphatic rings. The summed E-state index contributed by atoms with van der Waals surface area (Å²) in [6, 6.07) is 7.53. The summed E-state index contributed by atoms with van der Waals surface area (Å²) in [5, 5.41) is 0. The van der Waals surface area contributed by atoms with Crippen molar-refractivity contribution in [1.29, 1.82) is 0 Å². The van der Waals surface area contributed by atoms with E-state index in [1.165, 1.54) is 0 Å². The van der Waals surface area contributed by atoms with E-state index in [1.54, 1.807) is 0 Å².